The summed E-state index contributed by atoms with van der Waals surface area (Å²) < 4.78 is 80.3. The molecule has 2 aromatic carbocycles. The number of rotatable bonds is 5. The molecule has 38 heavy (non-hydrogen) atoms. The van der Waals surface area contributed by atoms with Gasteiger partial charge in [0.15, 0.2) is 0 Å². The van der Waals surface area contributed by atoms with Crippen LogP contribution in [-0.4, -0.2) is 65.9 Å². The van der Waals surface area contributed by atoms with Crippen LogP contribution in [0.3, 0.4) is 0 Å². The molecule has 2 amide bonds. The summed E-state index contributed by atoms with van der Waals surface area (Å²) in [7, 11) is 1.48. The average molecular weight is 563 g/mol. The highest BCUT2D eigenvalue weighted by molar-refractivity contribution is 5.95. The van der Waals surface area contributed by atoms with Crippen molar-refractivity contribution in [3.05, 3.63) is 70.9 Å². The predicted molar refractivity (Wildman–Crippen MR) is 131 cm³/mol. The van der Waals surface area contributed by atoms with E-state index in [4.69, 9.17) is 0 Å². The van der Waals surface area contributed by atoms with Gasteiger partial charge in [-0.3, -0.25) is 14.5 Å². The van der Waals surface area contributed by atoms with Crippen LogP contribution in [0.4, 0.5) is 26.3 Å². The molecule has 1 atom stereocenters. The number of piperazine rings is 1. The minimum atomic E-state index is -5.06. The average Bonchev–Trinajstić information content (AvgIpc) is 3.25. The van der Waals surface area contributed by atoms with Gasteiger partial charge in [-0.05, 0) is 36.2 Å². The van der Waals surface area contributed by atoms with Crippen molar-refractivity contribution in [3.8, 4) is 0 Å². The minimum Gasteiger partial charge on any atom is -0.361 e. The number of hydrogen-bond acceptors (Lipinski definition) is 3. The molecule has 206 valence electrons. The zero-order chi connectivity index (χ0) is 27.0. The Kier molecular flexibility index (Phi) is 8.67. The molecular weight excluding hydrogens is 538 g/mol. The molecule has 1 aliphatic heterocycles. The molecule has 1 fully saturated rings. The Bertz CT molecular complexity index is 1270. The SMILES string of the molecule is CNC(=O)CN1CCN(C(=O)c2cc(C(F)(F)F)cc(C(F)(F)F)c2)C(Cc2c[nH]c3ccccc23)C1.Cl. The molecule has 0 aliphatic carbocycles. The molecule has 3 aromatic rings. The van der Waals surface area contributed by atoms with E-state index in [0.717, 1.165) is 16.5 Å². The van der Waals surface area contributed by atoms with Crippen molar-refractivity contribution in [1.82, 2.24) is 20.1 Å². The first kappa shape index (κ1) is 29.3. The van der Waals surface area contributed by atoms with Crippen molar-refractivity contribution in [1.29, 1.82) is 0 Å². The van der Waals surface area contributed by atoms with Crippen molar-refractivity contribution in [3.63, 3.8) is 0 Å². The summed E-state index contributed by atoms with van der Waals surface area (Å²) in [5.74, 6) is -1.18. The summed E-state index contributed by atoms with van der Waals surface area (Å²) in [6.45, 7) is 0.517. The number of carbonyl (C=O) groups is 2. The molecule has 0 saturated carbocycles. The van der Waals surface area contributed by atoms with Crippen molar-refractivity contribution in [2.24, 2.45) is 0 Å². The fourth-order valence-electron chi connectivity index (χ4n) is 4.59. The molecule has 4 rings (SSSR count). The van der Waals surface area contributed by atoms with E-state index >= 15 is 0 Å². The molecule has 6 nitrogen and oxygen atoms in total. The number of amides is 2. The highest BCUT2D eigenvalue weighted by atomic mass is 35.5. The van der Waals surface area contributed by atoms with Gasteiger partial charge < -0.3 is 15.2 Å². The van der Waals surface area contributed by atoms with E-state index in [1.165, 1.54) is 11.9 Å². The molecular formula is C25H25ClF6N4O2. The highest BCUT2D eigenvalue weighted by Crippen LogP contribution is 2.37. The van der Waals surface area contributed by atoms with Crippen molar-refractivity contribution < 1.29 is 35.9 Å². The van der Waals surface area contributed by atoms with Crippen LogP contribution < -0.4 is 5.32 Å². The third kappa shape index (κ3) is 6.41. The van der Waals surface area contributed by atoms with E-state index in [2.05, 4.69) is 10.3 Å². The largest absolute Gasteiger partial charge is 0.416 e. The number of aromatic amines is 1. The fourth-order valence-corrected chi connectivity index (χ4v) is 4.59. The molecule has 2 heterocycles. The van der Waals surface area contributed by atoms with Crippen molar-refractivity contribution in [2.45, 2.75) is 24.8 Å². The van der Waals surface area contributed by atoms with Gasteiger partial charge in [-0.25, -0.2) is 0 Å². The van der Waals surface area contributed by atoms with Crippen LogP contribution in [0.5, 0.6) is 0 Å². The van der Waals surface area contributed by atoms with Gasteiger partial charge in [0.2, 0.25) is 5.91 Å². The second-order valence-corrected chi connectivity index (χ2v) is 8.92. The fraction of sp³-hybridized carbons (Fsp3) is 0.360. The maximum Gasteiger partial charge on any atom is 0.416 e. The Morgan fingerprint density at radius 1 is 1.00 bits per heavy atom. The van der Waals surface area contributed by atoms with Crippen LogP contribution in [0.25, 0.3) is 10.9 Å². The highest BCUT2D eigenvalue weighted by Gasteiger charge is 2.39. The molecule has 0 spiro atoms. The van der Waals surface area contributed by atoms with Crippen LogP contribution in [0.1, 0.15) is 27.0 Å². The van der Waals surface area contributed by atoms with Crippen LogP contribution in [0, 0.1) is 0 Å². The summed E-state index contributed by atoms with van der Waals surface area (Å²) in [5, 5.41) is 3.40. The summed E-state index contributed by atoms with van der Waals surface area (Å²) in [6, 6.07) is 7.73. The van der Waals surface area contributed by atoms with Gasteiger partial charge in [-0.15, -0.1) is 12.4 Å². The zero-order valence-corrected chi connectivity index (χ0v) is 20.9. The monoisotopic (exact) mass is 562 g/mol. The molecule has 13 heteroatoms. The maximum atomic E-state index is 13.4. The summed E-state index contributed by atoms with van der Waals surface area (Å²) in [5.41, 5.74) is -2.10. The number of H-pyrrole nitrogens is 1. The van der Waals surface area contributed by atoms with Crippen LogP contribution >= 0.6 is 12.4 Å². The number of carbonyl (C=O) groups excluding carboxylic acids is 2. The van der Waals surface area contributed by atoms with Gasteiger partial charge in [0.05, 0.1) is 17.7 Å². The van der Waals surface area contributed by atoms with Gasteiger partial charge in [0, 0.05) is 55.4 Å². The molecule has 0 radical (unpaired) electrons. The Balaban J connectivity index is 0.00000400. The van der Waals surface area contributed by atoms with E-state index in [9.17, 15) is 35.9 Å². The summed E-state index contributed by atoms with van der Waals surface area (Å²) in [4.78, 5) is 31.6. The van der Waals surface area contributed by atoms with Gasteiger partial charge in [0.1, 0.15) is 0 Å². The van der Waals surface area contributed by atoms with Gasteiger partial charge in [-0.2, -0.15) is 26.3 Å². The number of nitrogens with one attached hydrogen (secondary N) is 2. The third-order valence-corrected chi connectivity index (χ3v) is 6.44. The number of likely N-dealkylation sites (N-methyl/N-ethyl adjacent to an activating group) is 1. The van der Waals surface area contributed by atoms with Gasteiger partial charge in [-0.1, -0.05) is 18.2 Å². The Hall–Kier alpha value is -3.25. The van der Waals surface area contributed by atoms with E-state index in [1.54, 1.807) is 11.1 Å². The number of benzene rings is 2. The van der Waals surface area contributed by atoms with Gasteiger partial charge in [0.25, 0.3) is 5.91 Å². The lowest BCUT2D eigenvalue weighted by atomic mass is 9.98. The summed E-state index contributed by atoms with van der Waals surface area (Å²) >= 11 is 0. The zero-order valence-electron chi connectivity index (χ0n) is 20.1. The number of hydrogen-bond donors (Lipinski definition) is 2. The molecule has 1 aliphatic rings. The Morgan fingerprint density at radius 3 is 2.24 bits per heavy atom. The third-order valence-electron chi connectivity index (χ3n) is 6.44. The quantitative estimate of drug-likeness (QED) is 0.441. The lowest BCUT2D eigenvalue weighted by molar-refractivity contribution is -0.143. The lowest BCUT2D eigenvalue weighted by Gasteiger charge is -2.41. The molecule has 2 N–H and O–H groups in total. The van der Waals surface area contributed by atoms with Crippen molar-refractivity contribution >= 4 is 35.1 Å². The molecule has 0 bridgehead atoms. The molecule has 1 saturated heterocycles. The molecule has 1 aromatic heterocycles. The second-order valence-electron chi connectivity index (χ2n) is 8.92. The van der Waals surface area contributed by atoms with E-state index in [0.29, 0.717) is 12.1 Å². The number of nitrogens with zero attached hydrogens (tertiary/aromatic N) is 2. The Labute approximate surface area is 220 Å². The van der Waals surface area contributed by atoms with Crippen LogP contribution in [0.15, 0.2) is 48.7 Å². The first-order chi connectivity index (χ1) is 17.4. The summed E-state index contributed by atoms with van der Waals surface area (Å²) in [6.07, 6.45) is -8.08. The topological polar surface area (TPSA) is 68.4 Å². The number of fused-ring (bicyclic) bond motifs is 1. The smallest absolute Gasteiger partial charge is 0.361 e. The predicted octanol–water partition coefficient (Wildman–Crippen LogP) is 4.74. The number of para-hydroxylation sites is 1. The normalized spacial score (nSPS) is 16.8. The Morgan fingerprint density at radius 2 is 1.63 bits per heavy atom. The van der Waals surface area contributed by atoms with Crippen LogP contribution in [0.2, 0.25) is 0 Å². The first-order valence-electron chi connectivity index (χ1n) is 11.4. The van der Waals surface area contributed by atoms with Crippen molar-refractivity contribution in [2.75, 3.05) is 33.2 Å². The number of alkyl halides is 6. The first-order valence-corrected chi connectivity index (χ1v) is 11.4. The minimum absolute atomic E-state index is 0. The standard InChI is InChI=1S/C25H24F6N4O2.ClH/c1-32-22(36)14-34-6-7-35(19(13-34)10-16-12-33-21-5-3-2-4-20(16)21)23(37)15-8-17(24(26,27)28)11-18(9-15)25(29,30)31;/h2-5,8-9,11-12,19,33H,6-7,10,13-14H2,1H3,(H,32,36);1H. The van der Waals surface area contributed by atoms with E-state index < -0.39 is 41.0 Å². The molecule has 1 unspecified atom stereocenters. The maximum absolute atomic E-state index is 13.4. The van der Waals surface area contributed by atoms with Crippen LogP contribution in [-0.2, 0) is 23.6 Å². The van der Waals surface area contributed by atoms with E-state index in [-0.39, 0.29) is 57.0 Å². The number of aromatic nitrogens is 1. The van der Waals surface area contributed by atoms with Gasteiger partial charge >= 0.3 is 12.4 Å². The second kappa shape index (κ2) is 11.2. The lowest BCUT2D eigenvalue weighted by Crippen LogP contribution is -2.57. The number of halogens is 7. The van der Waals surface area contributed by atoms with E-state index in [1.807, 2.05) is 24.3 Å².